The van der Waals surface area contributed by atoms with E-state index in [0.717, 1.165) is 4.57 Å². The second-order valence-corrected chi connectivity index (χ2v) is 6.32. The highest BCUT2D eigenvalue weighted by Crippen LogP contribution is 2.36. The first-order valence-corrected chi connectivity index (χ1v) is 8.66. The number of amides is 1. The van der Waals surface area contributed by atoms with E-state index in [0.29, 0.717) is 5.56 Å². The lowest BCUT2D eigenvalue weighted by Gasteiger charge is -2.09. The van der Waals surface area contributed by atoms with Crippen molar-refractivity contribution in [2.75, 3.05) is 14.2 Å². The maximum Gasteiger partial charge on any atom is 0.332 e. The minimum atomic E-state index is -0.551. The molecular weight excluding hydrogens is 396 g/mol. The van der Waals surface area contributed by atoms with Crippen LogP contribution in [-0.2, 0) is 25.4 Å². The lowest BCUT2D eigenvalue weighted by molar-refractivity contribution is -0.121. The zero-order valence-corrected chi connectivity index (χ0v) is 16.7. The molecule has 0 unspecified atom stereocenters. The van der Waals surface area contributed by atoms with Crippen LogP contribution in [0, 0.1) is 0 Å². The minimum Gasteiger partial charge on any atom is -0.502 e. The summed E-state index contributed by atoms with van der Waals surface area (Å²) in [5.41, 5.74) is 2.11. The molecule has 0 saturated heterocycles. The van der Waals surface area contributed by atoms with Crippen molar-refractivity contribution in [3.8, 4) is 17.2 Å². The van der Waals surface area contributed by atoms with Gasteiger partial charge in [-0.2, -0.15) is 5.10 Å². The van der Waals surface area contributed by atoms with Crippen molar-refractivity contribution in [2.24, 2.45) is 19.2 Å². The molecule has 0 aliphatic carbocycles. The van der Waals surface area contributed by atoms with Crippen LogP contribution in [0.25, 0.3) is 11.2 Å². The summed E-state index contributed by atoms with van der Waals surface area (Å²) in [6.07, 6.45) is 2.65. The number of benzene rings is 1. The fourth-order valence-electron chi connectivity index (χ4n) is 2.87. The van der Waals surface area contributed by atoms with Crippen LogP contribution in [0.4, 0.5) is 0 Å². The molecule has 0 atom stereocenters. The third-order valence-corrected chi connectivity index (χ3v) is 4.44. The standard InChI is InChI=1S/C18H20N6O6/c1-22-16-14(17(27)23(2)18(22)28)24(9-19-16)8-13(25)21-20-7-10-5-11(29-3)15(26)12(6-10)30-4/h5-7,9,26H,8H2,1-4H3,(H,21,25). The molecule has 1 amide bonds. The van der Waals surface area contributed by atoms with Crippen LogP contribution >= 0.6 is 0 Å². The van der Waals surface area contributed by atoms with E-state index in [1.807, 2.05) is 0 Å². The van der Waals surface area contributed by atoms with Crippen LogP contribution in [0.1, 0.15) is 5.56 Å². The number of methoxy groups -OCH3 is 2. The van der Waals surface area contributed by atoms with Crippen LogP contribution in [-0.4, -0.2) is 50.1 Å². The second kappa shape index (κ2) is 8.11. The van der Waals surface area contributed by atoms with E-state index in [4.69, 9.17) is 9.47 Å². The van der Waals surface area contributed by atoms with Crippen molar-refractivity contribution in [2.45, 2.75) is 6.54 Å². The van der Waals surface area contributed by atoms with E-state index in [2.05, 4.69) is 15.5 Å². The van der Waals surface area contributed by atoms with E-state index >= 15 is 0 Å². The number of carbonyl (C=O) groups excluding carboxylic acids is 1. The molecule has 30 heavy (non-hydrogen) atoms. The van der Waals surface area contributed by atoms with Crippen LogP contribution in [0.15, 0.2) is 33.2 Å². The number of hydrogen-bond acceptors (Lipinski definition) is 8. The van der Waals surface area contributed by atoms with Crippen molar-refractivity contribution < 1.29 is 19.4 Å². The van der Waals surface area contributed by atoms with Gasteiger partial charge in [-0.15, -0.1) is 0 Å². The number of rotatable bonds is 6. The molecule has 0 bridgehead atoms. The summed E-state index contributed by atoms with van der Waals surface area (Å²) in [6.45, 7) is -0.233. The smallest absolute Gasteiger partial charge is 0.332 e. The molecule has 0 fully saturated rings. The third-order valence-electron chi connectivity index (χ3n) is 4.44. The number of hydrazone groups is 1. The SMILES string of the molecule is COc1cc(C=NNC(=O)Cn2cnc3c2c(=O)n(C)c(=O)n3C)cc(OC)c1O. The summed E-state index contributed by atoms with van der Waals surface area (Å²) < 4.78 is 13.6. The summed E-state index contributed by atoms with van der Waals surface area (Å²) in [5.74, 6) is -0.287. The number of hydrogen-bond donors (Lipinski definition) is 2. The second-order valence-electron chi connectivity index (χ2n) is 6.32. The zero-order valence-electron chi connectivity index (χ0n) is 16.7. The van der Waals surface area contributed by atoms with Crippen LogP contribution in [0.2, 0.25) is 0 Å². The van der Waals surface area contributed by atoms with Gasteiger partial charge < -0.3 is 19.1 Å². The fraction of sp³-hybridized carbons (Fsp3) is 0.278. The Morgan fingerprint density at radius 1 is 1.20 bits per heavy atom. The number of nitrogens with one attached hydrogen (secondary N) is 1. The Balaban J connectivity index is 1.79. The number of phenolic OH excluding ortho intramolecular Hbond substituents is 1. The number of carbonyl (C=O) groups is 1. The Labute approximate surface area is 169 Å². The molecule has 0 aliphatic rings. The number of aromatic hydroxyl groups is 1. The van der Waals surface area contributed by atoms with Crippen LogP contribution < -0.4 is 26.1 Å². The monoisotopic (exact) mass is 416 g/mol. The van der Waals surface area contributed by atoms with E-state index in [-0.39, 0.29) is 35.0 Å². The van der Waals surface area contributed by atoms with Crippen LogP contribution in [0.3, 0.4) is 0 Å². The topological polar surface area (TPSA) is 142 Å². The average molecular weight is 416 g/mol. The highest BCUT2D eigenvalue weighted by Gasteiger charge is 2.16. The predicted octanol–water partition coefficient (Wildman–Crippen LogP) is -0.693. The predicted molar refractivity (Wildman–Crippen MR) is 107 cm³/mol. The summed E-state index contributed by atoms with van der Waals surface area (Å²) in [5, 5.41) is 13.8. The molecule has 158 valence electrons. The number of ether oxygens (including phenoxy) is 2. The highest BCUT2D eigenvalue weighted by atomic mass is 16.5. The molecule has 2 N–H and O–H groups in total. The minimum absolute atomic E-state index is 0.131. The average Bonchev–Trinajstić information content (AvgIpc) is 3.15. The first-order chi connectivity index (χ1) is 14.3. The Kier molecular flexibility index (Phi) is 5.58. The van der Waals surface area contributed by atoms with E-state index in [1.165, 1.54) is 62.1 Å². The lowest BCUT2D eigenvalue weighted by atomic mass is 10.2. The maximum atomic E-state index is 12.4. The number of imidazole rings is 1. The molecule has 2 aromatic heterocycles. The van der Waals surface area contributed by atoms with Crippen molar-refractivity contribution in [1.82, 2.24) is 24.1 Å². The molecule has 12 heteroatoms. The summed E-state index contributed by atoms with van der Waals surface area (Å²) >= 11 is 0. The Morgan fingerprint density at radius 3 is 2.43 bits per heavy atom. The normalized spacial score (nSPS) is 11.2. The van der Waals surface area contributed by atoms with Gasteiger partial charge in [-0.3, -0.25) is 18.7 Å². The van der Waals surface area contributed by atoms with Gasteiger partial charge in [-0.05, 0) is 12.1 Å². The number of aryl methyl sites for hydroxylation is 1. The molecule has 0 saturated carbocycles. The van der Waals surface area contributed by atoms with Crippen molar-refractivity contribution >= 4 is 23.3 Å². The van der Waals surface area contributed by atoms with Crippen LogP contribution in [0.5, 0.6) is 17.2 Å². The van der Waals surface area contributed by atoms with E-state index in [1.54, 1.807) is 0 Å². The molecular formula is C18H20N6O6. The van der Waals surface area contributed by atoms with Gasteiger partial charge in [0.25, 0.3) is 11.5 Å². The van der Waals surface area contributed by atoms with Crippen molar-refractivity contribution in [3.05, 3.63) is 44.9 Å². The molecule has 12 nitrogen and oxygen atoms in total. The maximum absolute atomic E-state index is 12.4. The summed E-state index contributed by atoms with van der Waals surface area (Å²) in [7, 11) is 5.64. The zero-order chi connectivity index (χ0) is 22.0. The molecule has 2 heterocycles. The van der Waals surface area contributed by atoms with Crippen molar-refractivity contribution in [1.29, 1.82) is 0 Å². The van der Waals surface area contributed by atoms with Gasteiger partial charge in [0.2, 0.25) is 5.75 Å². The molecule has 0 spiro atoms. The fourth-order valence-corrected chi connectivity index (χ4v) is 2.87. The highest BCUT2D eigenvalue weighted by molar-refractivity contribution is 5.84. The number of nitrogens with zero attached hydrogens (tertiary/aromatic N) is 5. The molecule has 3 rings (SSSR count). The largest absolute Gasteiger partial charge is 0.502 e. The molecule has 0 radical (unpaired) electrons. The van der Waals surface area contributed by atoms with Gasteiger partial charge in [-0.1, -0.05) is 0 Å². The quantitative estimate of drug-likeness (QED) is 0.400. The van der Waals surface area contributed by atoms with Gasteiger partial charge in [0, 0.05) is 19.7 Å². The van der Waals surface area contributed by atoms with Gasteiger partial charge >= 0.3 is 5.69 Å². The first-order valence-electron chi connectivity index (χ1n) is 8.66. The van der Waals surface area contributed by atoms with Gasteiger partial charge in [0.1, 0.15) is 6.54 Å². The first kappa shape index (κ1) is 20.6. The molecule has 0 aliphatic heterocycles. The van der Waals surface area contributed by atoms with Gasteiger partial charge in [-0.25, -0.2) is 15.2 Å². The lowest BCUT2D eigenvalue weighted by Crippen LogP contribution is -2.38. The molecule has 1 aromatic carbocycles. The van der Waals surface area contributed by atoms with Crippen molar-refractivity contribution in [3.63, 3.8) is 0 Å². The Bertz CT molecular complexity index is 1240. The summed E-state index contributed by atoms with van der Waals surface area (Å²) in [6, 6.07) is 3.03. The van der Waals surface area contributed by atoms with Gasteiger partial charge in [0.15, 0.2) is 22.7 Å². The number of aromatic nitrogens is 4. The van der Waals surface area contributed by atoms with Gasteiger partial charge in [0.05, 0.1) is 26.8 Å². The molecule has 3 aromatic rings. The Hall–Kier alpha value is -4.09. The number of fused-ring (bicyclic) bond motifs is 1. The Morgan fingerprint density at radius 2 is 1.83 bits per heavy atom. The third kappa shape index (κ3) is 3.62. The number of phenols is 1. The van der Waals surface area contributed by atoms with E-state index in [9.17, 15) is 19.5 Å². The summed E-state index contributed by atoms with van der Waals surface area (Å²) in [4.78, 5) is 40.7. The van der Waals surface area contributed by atoms with E-state index < -0.39 is 17.2 Å².